The molecule has 0 aromatic heterocycles. The Hall–Kier alpha value is -2.40. The van der Waals surface area contributed by atoms with E-state index in [-0.39, 0.29) is 24.8 Å². The Morgan fingerprint density at radius 1 is 0.720 bits per heavy atom. The lowest BCUT2D eigenvalue weighted by molar-refractivity contribution is -0.140. The van der Waals surface area contributed by atoms with E-state index in [2.05, 4.69) is 0 Å². The van der Waals surface area contributed by atoms with E-state index < -0.39 is 8.56 Å². The fourth-order valence-electron chi connectivity index (χ4n) is 2.57. The molecule has 2 aromatic carbocycles. The van der Waals surface area contributed by atoms with Crippen LogP contribution in [0, 0.1) is 0 Å². The molecule has 25 heavy (non-hydrogen) atoms. The summed E-state index contributed by atoms with van der Waals surface area (Å²) in [6.07, 6.45) is 0.373. The predicted molar refractivity (Wildman–Crippen MR) is 99.2 cm³/mol. The van der Waals surface area contributed by atoms with Crippen LogP contribution in [0.4, 0.5) is 0 Å². The number of carbonyl (C=O) groups excluding carboxylic acids is 2. The molecule has 0 atom stereocenters. The Labute approximate surface area is 150 Å². The van der Waals surface area contributed by atoms with Gasteiger partial charge >= 0.3 is 8.56 Å². The third-order valence-electron chi connectivity index (χ3n) is 4.06. The van der Waals surface area contributed by atoms with Gasteiger partial charge < -0.3 is 8.85 Å². The van der Waals surface area contributed by atoms with Crippen LogP contribution in [0.5, 0.6) is 0 Å². The van der Waals surface area contributed by atoms with Crippen LogP contribution in [-0.4, -0.2) is 20.5 Å². The third kappa shape index (κ3) is 5.87. The van der Waals surface area contributed by atoms with Gasteiger partial charge in [-0.25, -0.2) is 0 Å². The van der Waals surface area contributed by atoms with Crippen LogP contribution in [0.3, 0.4) is 0 Å². The van der Waals surface area contributed by atoms with Gasteiger partial charge in [-0.1, -0.05) is 74.5 Å². The summed E-state index contributed by atoms with van der Waals surface area (Å²) < 4.78 is 11.4. The predicted octanol–water partition coefficient (Wildman–Crippen LogP) is 4.04. The minimum Gasteiger partial charge on any atom is -0.485 e. The van der Waals surface area contributed by atoms with E-state index in [9.17, 15) is 9.59 Å². The Morgan fingerprint density at radius 2 is 1.08 bits per heavy atom. The van der Waals surface area contributed by atoms with Gasteiger partial charge in [0.1, 0.15) is 0 Å². The molecule has 0 saturated carbocycles. The molecule has 0 N–H and O–H groups in total. The van der Waals surface area contributed by atoms with Crippen LogP contribution >= 0.6 is 0 Å². The van der Waals surface area contributed by atoms with Gasteiger partial charge in [0.25, 0.3) is 11.9 Å². The van der Waals surface area contributed by atoms with Gasteiger partial charge in [0.2, 0.25) is 0 Å². The molecular weight excluding hydrogens is 332 g/mol. The first-order valence-electron chi connectivity index (χ1n) is 8.58. The van der Waals surface area contributed by atoms with Crippen molar-refractivity contribution in [2.24, 2.45) is 0 Å². The highest BCUT2D eigenvalue weighted by Gasteiger charge is 2.41. The largest absolute Gasteiger partial charge is 0.485 e. The molecule has 0 fully saturated rings. The molecule has 0 aliphatic carbocycles. The highest BCUT2D eigenvalue weighted by molar-refractivity contribution is 6.70. The monoisotopic (exact) mass is 356 g/mol. The number of carbonyl (C=O) groups is 2. The van der Waals surface area contributed by atoms with Crippen LogP contribution < -0.4 is 0 Å². The summed E-state index contributed by atoms with van der Waals surface area (Å²) in [6, 6.07) is 19.9. The van der Waals surface area contributed by atoms with Crippen molar-refractivity contribution in [1.82, 2.24) is 0 Å². The summed E-state index contributed by atoms with van der Waals surface area (Å²) in [5.74, 6) is -0.678. The van der Waals surface area contributed by atoms with Crippen LogP contribution in [0.25, 0.3) is 0 Å². The first-order chi connectivity index (χ1) is 12.1. The lowest BCUT2D eigenvalue weighted by Crippen LogP contribution is -2.45. The molecule has 0 aliphatic rings. The Kier molecular flexibility index (Phi) is 6.95. The second-order valence-corrected chi connectivity index (χ2v) is 9.53. The van der Waals surface area contributed by atoms with Gasteiger partial charge in [-0.15, -0.1) is 0 Å². The minimum absolute atomic E-state index is 0.186. The number of rotatable bonds is 8. The van der Waals surface area contributed by atoms with Crippen molar-refractivity contribution >= 4 is 20.5 Å². The first-order valence-corrected chi connectivity index (χ1v) is 10.8. The third-order valence-corrected chi connectivity index (χ3v) is 7.41. The van der Waals surface area contributed by atoms with Crippen LogP contribution in [0.2, 0.25) is 12.1 Å². The molecule has 0 bridgehead atoms. The highest BCUT2D eigenvalue weighted by atomic mass is 28.4. The molecule has 0 saturated heterocycles. The van der Waals surface area contributed by atoms with Gasteiger partial charge in [-0.3, -0.25) is 9.59 Å². The van der Waals surface area contributed by atoms with Crippen molar-refractivity contribution in [1.29, 1.82) is 0 Å². The van der Waals surface area contributed by atoms with Crippen LogP contribution in [-0.2, 0) is 31.3 Å². The maximum absolute atomic E-state index is 12.3. The fourth-order valence-corrected chi connectivity index (χ4v) is 4.66. The zero-order valence-corrected chi connectivity index (χ0v) is 15.7. The smallest absolute Gasteiger partial charge is 0.463 e. The van der Waals surface area contributed by atoms with Gasteiger partial charge in [0, 0.05) is 12.1 Å². The molecule has 2 rings (SSSR count). The standard InChI is InChI=1S/C20H24O4Si/c1-3-25(4-2,23-19(21)15-17-11-7-5-8-12-17)24-20(22)16-18-13-9-6-10-14-18/h5-14H,3-4,15-16H2,1-2H3. The maximum atomic E-state index is 12.3. The SMILES string of the molecule is CC[Si](CC)(OC(=O)Cc1ccccc1)OC(=O)Cc1ccccc1. The summed E-state index contributed by atoms with van der Waals surface area (Å²) in [6.45, 7) is 3.81. The lowest BCUT2D eigenvalue weighted by atomic mass is 10.2. The van der Waals surface area contributed by atoms with Gasteiger partial charge in [0.15, 0.2) is 0 Å². The molecule has 5 heteroatoms. The molecule has 0 spiro atoms. The van der Waals surface area contributed by atoms with E-state index in [1.165, 1.54) is 0 Å². The van der Waals surface area contributed by atoms with Crippen molar-refractivity contribution in [3.05, 3.63) is 71.8 Å². The number of hydrogen-bond donors (Lipinski definition) is 0. The number of hydrogen-bond acceptors (Lipinski definition) is 4. The average Bonchev–Trinajstić information content (AvgIpc) is 2.62. The molecular formula is C20H24O4Si. The fraction of sp³-hybridized carbons (Fsp3) is 0.300. The average molecular weight is 356 g/mol. The number of benzene rings is 2. The molecule has 0 aliphatic heterocycles. The molecule has 0 unspecified atom stereocenters. The van der Waals surface area contributed by atoms with E-state index in [0.717, 1.165) is 11.1 Å². The second-order valence-electron chi connectivity index (χ2n) is 5.89. The van der Waals surface area contributed by atoms with E-state index in [4.69, 9.17) is 8.85 Å². The lowest BCUT2D eigenvalue weighted by Gasteiger charge is -2.27. The van der Waals surface area contributed by atoms with Crippen molar-refractivity contribution in [2.75, 3.05) is 0 Å². The zero-order chi connectivity index (χ0) is 18.1. The van der Waals surface area contributed by atoms with E-state index in [1.54, 1.807) is 0 Å². The molecule has 2 aromatic rings. The first kappa shape index (κ1) is 18.9. The van der Waals surface area contributed by atoms with Gasteiger partial charge in [-0.05, 0) is 11.1 Å². The Balaban J connectivity index is 1.99. The van der Waals surface area contributed by atoms with E-state index >= 15 is 0 Å². The summed E-state index contributed by atoms with van der Waals surface area (Å²) in [5.41, 5.74) is 1.77. The van der Waals surface area contributed by atoms with Crippen molar-refractivity contribution in [3.8, 4) is 0 Å². The molecule has 0 amide bonds. The minimum atomic E-state index is -2.88. The normalized spacial score (nSPS) is 11.0. The molecule has 0 heterocycles. The molecule has 132 valence electrons. The summed E-state index contributed by atoms with van der Waals surface area (Å²) >= 11 is 0. The van der Waals surface area contributed by atoms with Gasteiger partial charge in [0.05, 0.1) is 12.8 Å². The van der Waals surface area contributed by atoms with Crippen molar-refractivity contribution < 1.29 is 18.4 Å². The second kappa shape index (κ2) is 9.18. The summed E-state index contributed by atoms with van der Waals surface area (Å²) in [4.78, 5) is 24.6. The van der Waals surface area contributed by atoms with Crippen molar-refractivity contribution in [2.45, 2.75) is 38.8 Å². The van der Waals surface area contributed by atoms with Crippen LogP contribution in [0.15, 0.2) is 60.7 Å². The highest BCUT2D eigenvalue weighted by Crippen LogP contribution is 2.21. The zero-order valence-electron chi connectivity index (χ0n) is 14.7. The summed E-state index contributed by atoms with van der Waals surface area (Å²) in [5, 5.41) is 0. The molecule has 0 radical (unpaired) electrons. The van der Waals surface area contributed by atoms with Crippen molar-refractivity contribution in [3.63, 3.8) is 0 Å². The van der Waals surface area contributed by atoms with Crippen LogP contribution in [0.1, 0.15) is 25.0 Å². The topological polar surface area (TPSA) is 52.6 Å². The Morgan fingerprint density at radius 3 is 1.40 bits per heavy atom. The van der Waals surface area contributed by atoms with E-state index in [0.29, 0.717) is 12.1 Å². The Bertz CT molecular complexity index is 624. The molecule has 4 nitrogen and oxygen atoms in total. The quantitative estimate of drug-likeness (QED) is 0.670. The van der Waals surface area contributed by atoms with Gasteiger partial charge in [-0.2, -0.15) is 0 Å². The summed E-state index contributed by atoms with van der Waals surface area (Å²) in [7, 11) is -2.88. The maximum Gasteiger partial charge on any atom is 0.463 e. The van der Waals surface area contributed by atoms with E-state index in [1.807, 2.05) is 74.5 Å².